The van der Waals surface area contributed by atoms with Gasteiger partial charge in [-0.2, -0.15) is 0 Å². The van der Waals surface area contributed by atoms with Crippen LogP contribution in [-0.2, 0) is 9.59 Å². The molecule has 4 rings (SSSR count). The maximum Gasteiger partial charge on any atom is 0.282 e. The van der Waals surface area contributed by atoms with Gasteiger partial charge in [-0.1, -0.05) is 30.3 Å². The van der Waals surface area contributed by atoms with Crippen LogP contribution < -0.4 is 24.0 Å². The Labute approximate surface area is 192 Å². The highest BCUT2D eigenvalue weighted by molar-refractivity contribution is 6.46. The normalized spacial score (nSPS) is 13.4. The van der Waals surface area contributed by atoms with Gasteiger partial charge >= 0.3 is 0 Å². The molecule has 0 atom stereocenters. The van der Waals surface area contributed by atoms with E-state index in [1.54, 1.807) is 61.5 Å². The van der Waals surface area contributed by atoms with E-state index in [9.17, 15) is 9.59 Å². The first-order valence-electron chi connectivity index (χ1n) is 10.3. The van der Waals surface area contributed by atoms with Crippen molar-refractivity contribution in [2.75, 3.05) is 38.2 Å². The Balaban J connectivity index is 1.89. The van der Waals surface area contributed by atoms with Crippen molar-refractivity contribution < 1.29 is 23.8 Å². The van der Waals surface area contributed by atoms with Gasteiger partial charge < -0.3 is 19.1 Å². The maximum absolute atomic E-state index is 13.8. The molecular formula is C26H24N2O5. The number of benzene rings is 3. The summed E-state index contributed by atoms with van der Waals surface area (Å²) >= 11 is 0. The van der Waals surface area contributed by atoms with Crippen LogP contribution in [-0.4, -0.2) is 40.2 Å². The first-order chi connectivity index (χ1) is 16.0. The molecular weight excluding hydrogens is 420 g/mol. The molecule has 3 aromatic rings. The van der Waals surface area contributed by atoms with Crippen LogP contribution in [0.5, 0.6) is 17.2 Å². The second-order valence-corrected chi connectivity index (χ2v) is 7.33. The molecule has 0 unspecified atom stereocenters. The SMILES string of the molecule is COc1ccc(C2=C(N(C)c3ccccc3)C(=O)N(c3cc(OC)ccc3OC)C2=O)cc1. The summed E-state index contributed by atoms with van der Waals surface area (Å²) in [6.45, 7) is 0. The molecule has 0 saturated heterocycles. The average Bonchev–Trinajstić information content (AvgIpc) is 3.13. The van der Waals surface area contributed by atoms with Crippen LogP contribution in [0.2, 0.25) is 0 Å². The Kier molecular flexibility index (Phi) is 6.04. The van der Waals surface area contributed by atoms with Crippen molar-refractivity contribution in [3.8, 4) is 17.2 Å². The lowest BCUT2D eigenvalue weighted by molar-refractivity contribution is -0.120. The Morgan fingerprint density at radius 3 is 1.97 bits per heavy atom. The summed E-state index contributed by atoms with van der Waals surface area (Å²) in [5, 5.41) is 0. The molecule has 0 bridgehead atoms. The molecule has 0 aliphatic carbocycles. The van der Waals surface area contributed by atoms with Gasteiger partial charge in [0.05, 0.1) is 32.6 Å². The minimum absolute atomic E-state index is 0.265. The fourth-order valence-electron chi connectivity index (χ4n) is 3.82. The number of imide groups is 1. The summed E-state index contributed by atoms with van der Waals surface area (Å²) < 4.78 is 16.0. The van der Waals surface area contributed by atoms with Crippen molar-refractivity contribution in [1.29, 1.82) is 0 Å². The largest absolute Gasteiger partial charge is 0.497 e. The quantitative estimate of drug-likeness (QED) is 0.511. The van der Waals surface area contributed by atoms with Gasteiger partial charge in [0.25, 0.3) is 11.8 Å². The lowest BCUT2D eigenvalue weighted by Gasteiger charge is -2.22. The first-order valence-corrected chi connectivity index (χ1v) is 10.3. The van der Waals surface area contributed by atoms with Crippen LogP contribution in [0.4, 0.5) is 11.4 Å². The molecule has 0 fully saturated rings. The van der Waals surface area contributed by atoms with Crippen LogP contribution in [0, 0.1) is 0 Å². The van der Waals surface area contributed by atoms with Gasteiger partial charge in [-0.15, -0.1) is 0 Å². The molecule has 7 heteroatoms. The predicted molar refractivity (Wildman–Crippen MR) is 127 cm³/mol. The maximum atomic E-state index is 13.8. The Bertz CT molecular complexity index is 1220. The highest BCUT2D eigenvalue weighted by Crippen LogP contribution is 2.41. The van der Waals surface area contributed by atoms with Gasteiger partial charge in [-0.05, 0) is 42.0 Å². The molecule has 1 heterocycles. The summed E-state index contributed by atoms with van der Waals surface area (Å²) in [7, 11) is 6.36. The number of para-hydroxylation sites is 1. The Morgan fingerprint density at radius 2 is 1.36 bits per heavy atom. The second-order valence-electron chi connectivity index (χ2n) is 7.33. The second kappa shape index (κ2) is 9.08. The van der Waals surface area contributed by atoms with E-state index in [4.69, 9.17) is 14.2 Å². The van der Waals surface area contributed by atoms with Crippen molar-refractivity contribution in [2.24, 2.45) is 0 Å². The smallest absolute Gasteiger partial charge is 0.282 e. The molecule has 168 valence electrons. The number of anilines is 2. The van der Waals surface area contributed by atoms with Gasteiger partial charge in [0.15, 0.2) is 0 Å². The molecule has 0 spiro atoms. The number of carbonyl (C=O) groups excluding carboxylic acids is 2. The number of hydrogen-bond donors (Lipinski definition) is 0. The third-order valence-electron chi connectivity index (χ3n) is 5.54. The number of rotatable bonds is 7. The number of ether oxygens (including phenoxy) is 3. The summed E-state index contributed by atoms with van der Waals surface area (Å²) in [5.74, 6) is 0.635. The molecule has 7 nitrogen and oxygen atoms in total. The zero-order chi connectivity index (χ0) is 23.5. The third-order valence-corrected chi connectivity index (χ3v) is 5.54. The molecule has 0 N–H and O–H groups in total. The minimum atomic E-state index is -0.455. The first kappa shape index (κ1) is 22.0. The fraction of sp³-hybridized carbons (Fsp3) is 0.154. The van der Waals surface area contributed by atoms with E-state index < -0.39 is 11.8 Å². The lowest BCUT2D eigenvalue weighted by Crippen LogP contribution is -2.34. The monoisotopic (exact) mass is 444 g/mol. The van der Waals surface area contributed by atoms with Crippen molar-refractivity contribution in [3.05, 3.63) is 84.1 Å². The molecule has 2 amide bonds. The predicted octanol–water partition coefficient (Wildman–Crippen LogP) is 4.13. The summed E-state index contributed by atoms with van der Waals surface area (Å²) in [5.41, 5.74) is 2.25. The van der Waals surface area contributed by atoms with E-state index in [0.29, 0.717) is 34.1 Å². The standard InChI is InChI=1S/C26H24N2O5/c1-27(18-8-6-5-7-9-18)24-23(17-10-12-19(31-2)13-11-17)25(29)28(26(24)30)21-16-20(32-3)14-15-22(21)33-4/h5-16H,1-4H3. The molecule has 0 saturated carbocycles. The molecule has 0 radical (unpaired) electrons. The highest BCUT2D eigenvalue weighted by atomic mass is 16.5. The highest BCUT2D eigenvalue weighted by Gasteiger charge is 2.43. The average molecular weight is 444 g/mol. The van der Waals surface area contributed by atoms with Crippen LogP contribution in [0.25, 0.3) is 5.57 Å². The van der Waals surface area contributed by atoms with Crippen molar-refractivity contribution in [3.63, 3.8) is 0 Å². The van der Waals surface area contributed by atoms with Gasteiger partial charge in [0, 0.05) is 18.8 Å². The van der Waals surface area contributed by atoms with E-state index in [1.807, 2.05) is 30.3 Å². The van der Waals surface area contributed by atoms with Gasteiger partial charge in [0.1, 0.15) is 22.9 Å². The van der Waals surface area contributed by atoms with Crippen molar-refractivity contribution in [1.82, 2.24) is 0 Å². The molecule has 33 heavy (non-hydrogen) atoms. The summed E-state index contributed by atoms with van der Waals surface area (Å²) in [6, 6.07) is 21.5. The van der Waals surface area contributed by atoms with E-state index in [0.717, 1.165) is 10.6 Å². The lowest BCUT2D eigenvalue weighted by atomic mass is 10.0. The van der Waals surface area contributed by atoms with E-state index >= 15 is 0 Å². The van der Waals surface area contributed by atoms with E-state index in [2.05, 4.69) is 0 Å². The number of hydrogen-bond acceptors (Lipinski definition) is 6. The number of likely N-dealkylation sites (N-methyl/N-ethyl adjacent to an activating group) is 1. The van der Waals surface area contributed by atoms with E-state index in [1.165, 1.54) is 14.2 Å². The van der Waals surface area contributed by atoms with Crippen LogP contribution in [0.3, 0.4) is 0 Å². The van der Waals surface area contributed by atoms with Crippen LogP contribution >= 0.6 is 0 Å². The third kappa shape index (κ3) is 3.89. The van der Waals surface area contributed by atoms with Crippen molar-refractivity contribution in [2.45, 2.75) is 0 Å². The molecule has 1 aliphatic rings. The molecule has 3 aromatic carbocycles. The fourth-order valence-corrected chi connectivity index (χ4v) is 3.82. The molecule has 1 aliphatic heterocycles. The number of amides is 2. The van der Waals surface area contributed by atoms with Crippen LogP contribution in [0.15, 0.2) is 78.5 Å². The minimum Gasteiger partial charge on any atom is -0.497 e. The topological polar surface area (TPSA) is 68.3 Å². The Morgan fingerprint density at radius 1 is 0.727 bits per heavy atom. The number of carbonyl (C=O) groups is 2. The van der Waals surface area contributed by atoms with E-state index in [-0.39, 0.29) is 5.70 Å². The summed E-state index contributed by atoms with van der Waals surface area (Å²) in [4.78, 5) is 30.4. The molecule has 0 aromatic heterocycles. The van der Waals surface area contributed by atoms with Gasteiger partial charge in [-0.25, -0.2) is 4.90 Å². The zero-order valence-electron chi connectivity index (χ0n) is 18.9. The number of nitrogens with zero attached hydrogens (tertiary/aromatic N) is 2. The summed E-state index contributed by atoms with van der Waals surface area (Å²) in [6.07, 6.45) is 0. The van der Waals surface area contributed by atoms with Gasteiger partial charge in [-0.3, -0.25) is 9.59 Å². The van der Waals surface area contributed by atoms with Crippen molar-refractivity contribution >= 4 is 28.8 Å². The van der Waals surface area contributed by atoms with Gasteiger partial charge in [0.2, 0.25) is 0 Å². The zero-order valence-corrected chi connectivity index (χ0v) is 18.9. The van der Waals surface area contributed by atoms with Crippen LogP contribution in [0.1, 0.15) is 5.56 Å². The Hall–Kier alpha value is -4.26. The number of methoxy groups -OCH3 is 3.